The number of hydrogen-bond donors (Lipinski definition) is 0. The molecule has 0 aromatic carbocycles. The minimum Gasteiger partial charge on any atom is -0.465 e. The zero-order valence-electron chi connectivity index (χ0n) is 12.1. The van der Waals surface area contributed by atoms with Gasteiger partial charge in [0.2, 0.25) is 5.91 Å². The second-order valence-electron chi connectivity index (χ2n) is 5.22. The summed E-state index contributed by atoms with van der Waals surface area (Å²) in [6, 6.07) is 3.95. The van der Waals surface area contributed by atoms with Crippen LogP contribution in [0.4, 0.5) is 0 Å². The molecule has 1 aromatic heterocycles. The van der Waals surface area contributed by atoms with Crippen LogP contribution in [0.15, 0.2) is 28.9 Å². The van der Waals surface area contributed by atoms with Crippen LogP contribution in [0.3, 0.4) is 0 Å². The number of nitrogens with zero attached hydrogens (tertiary/aromatic N) is 2. The molecule has 20 heavy (non-hydrogen) atoms. The van der Waals surface area contributed by atoms with E-state index in [-0.39, 0.29) is 11.9 Å². The fourth-order valence-electron chi connectivity index (χ4n) is 2.33. The SMILES string of the molecule is CN(C)CC1CSCCCN1C(=O)C=Cc1ccco1. The number of rotatable bonds is 4. The lowest BCUT2D eigenvalue weighted by atomic mass is 10.2. The van der Waals surface area contributed by atoms with Gasteiger partial charge in [0.05, 0.1) is 12.3 Å². The van der Waals surface area contributed by atoms with Crippen LogP contribution in [0.5, 0.6) is 0 Å². The third kappa shape index (κ3) is 4.42. The Labute approximate surface area is 124 Å². The summed E-state index contributed by atoms with van der Waals surface area (Å²) in [5, 5.41) is 0. The van der Waals surface area contributed by atoms with E-state index in [9.17, 15) is 4.79 Å². The Kier molecular flexibility index (Phi) is 5.73. The highest BCUT2D eigenvalue weighted by Crippen LogP contribution is 2.17. The lowest BCUT2D eigenvalue weighted by Gasteiger charge is -2.30. The molecule has 1 unspecified atom stereocenters. The molecule has 1 aromatic rings. The highest BCUT2D eigenvalue weighted by Gasteiger charge is 2.24. The van der Waals surface area contributed by atoms with Crippen LogP contribution in [-0.2, 0) is 4.79 Å². The summed E-state index contributed by atoms with van der Waals surface area (Å²) in [4.78, 5) is 16.6. The number of hydrogen-bond acceptors (Lipinski definition) is 4. The van der Waals surface area contributed by atoms with Crippen LogP contribution in [0.25, 0.3) is 6.08 Å². The van der Waals surface area contributed by atoms with E-state index in [1.54, 1.807) is 18.4 Å². The second kappa shape index (κ2) is 7.55. The van der Waals surface area contributed by atoms with E-state index >= 15 is 0 Å². The second-order valence-corrected chi connectivity index (χ2v) is 6.37. The molecule has 110 valence electrons. The first-order valence-electron chi connectivity index (χ1n) is 6.91. The molecule has 0 radical (unpaired) electrons. The summed E-state index contributed by atoms with van der Waals surface area (Å²) < 4.78 is 5.22. The molecule has 1 atom stereocenters. The summed E-state index contributed by atoms with van der Waals surface area (Å²) in [6.07, 6.45) is 6.04. The van der Waals surface area contributed by atoms with Gasteiger partial charge in [0.1, 0.15) is 5.76 Å². The first kappa shape index (κ1) is 15.2. The maximum atomic E-state index is 12.4. The van der Waals surface area contributed by atoms with Crippen LogP contribution in [0, 0.1) is 0 Å². The maximum absolute atomic E-state index is 12.4. The van der Waals surface area contributed by atoms with Gasteiger partial charge < -0.3 is 14.2 Å². The molecular formula is C15H22N2O2S. The Bertz CT molecular complexity index is 443. The van der Waals surface area contributed by atoms with Crippen molar-refractivity contribution in [3.8, 4) is 0 Å². The largest absolute Gasteiger partial charge is 0.465 e. The predicted molar refractivity (Wildman–Crippen MR) is 83.7 cm³/mol. The fourth-order valence-corrected chi connectivity index (χ4v) is 3.38. The van der Waals surface area contributed by atoms with E-state index < -0.39 is 0 Å². The van der Waals surface area contributed by atoms with Crippen molar-refractivity contribution in [1.82, 2.24) is 9.80 Å². The fraction of sp³-hybridized carbons (Fsp3) is 0.533. The van der Waals surface area contributed by atoms with Crippen molar-refractivity contribution in [1.29, 1.82) is 0 Å². The predicted octanol–water partition coefficient (Wildman–Crippen LogP) is 2.19. The Balaban J connectivity index is 2.03. The maximum Gasteiger partial charge on any atom is 0.247 e. The Morgan fingerprint density at radius 1 is 1.60 bits per heavy atom. The molecule has 0 N–H and O–H groups in total. The van der Waals surface area contributed by atoms with Gasteiger partial charge in [-0.1, -0.05) is 0 Å². The Morgan fingerprint density at radius 3 is 3.15 bits per heavy atom. The summed E-state index contributed by atoms with van der Waals surface area (Å²) in [7, 11) is 4.10. The number of carbonyl (C=O) groups is 1. The van der Waals surface area contributed by atoms with Crippen molar-refractivity contribution < 1.29 is 9.21 Å². The number of thioether (sulfide) groups is 1. The van der Waals surface area contributed by atoms with Gasteiger partial charge in [0.25, 0.3) is 0 Å². The molecule has 5 heteroatoms. The molecule has 1 fully saturated rings. The molecule has 1 saturated heterocycles. The molecule has 2 heterocycles. The van der Waals surface area contributed by atoms with Crippen molar-refractivity contribution >= 4 is 23.7 Å². The summed E-state index contributed by atoms with van der Waals surface area (Å²) in [5.74, 6) is 2.94. The van der Waals surface area contributed by atoms with Crippen molar-refractivity contribution in [3.63, 3.8) is 0 Å². The highest BCUT2D eigenvalue weighted by atomic mass is 32.2. The van der Waals surface area contributed by atoms with Crippen LogP contribution < -0.4 is 0 Å². The zero-order chi connectivity index (χ0) is 14.4. The van der Waals surface area contributed by atoms with Gasteiger partial charge in [-0.2, -0.15) is 11.8 Å². The number of furan rings is 1. The lowest BCUT2D eigenvalue weighted by molar-refractivity contribution is -0.128. The van der Waals surface area contributed by atoms with E-state index in [0.717, 1.165) is 31.0 Å². The standard InChI is InChI=1S/C15H22N2O2S/c1-16(2)11-13-12-20-10-4-8-17(13)15(18)7-6-14-5-3-9-19-14/h3,5-7,9,13H,4,8,10-12H2,1-2H3. The molecule has 4 nitrogen and oxygen atoms in total. The van der Waals surface area contributed by atoms with Gasteiger partial charge in [-0.3, -0.25) is 4.79 Å². The minimum atomic E-state index is 0.0794. The molecular weight excluding hydrogens is 272 g/mol. The van der Waals surface area contributed by atoms with Crippen LogP contribution in [-0.4, -0.2) is 60.4 Å². The van der Waals surface area contributed by atoms with Crippen molar-refractivity contribution in [2.24, 2.45) is 0 Å². The van der Waals surface area contributed by atoms with Crippen LogP contribution in [0.2, 0.25) is 0 Å². The Hall–Kier alpha value is -1.20. The van der Waals surface area contributed by atoms with E-state index in [1.165, 1.54) is 0 Å². The van der Waals surface area contributed by atoms with Gasteiger partial charge in [0, 0.05) is 24.9 Å². The van der Waals surface area contributed by atoms with Gasteiger partial charge >= 0.3 is 0 Å². The molecule has 1 aliphatic heterocycles. The van der Waals surface area contributed by atoms with E-state index in [1.807, 2.05) is 28.8 Å². The number of likely N-dealkylation sites (N-methyl/N-ethyl adjacent to an activating group) is 1. The average molecular weight is 294 g/mol. The summed E-state index contributed by atoms with van der Waals surface area (Å²) >= 11 is 1.94. The molecule has 1 amide bonds. The minimum absolute atomic E-state index is 0.0794. The van der Waals surface area contributed by atoms with Crippen LogP contribution in [0.1, 0.15) is 12.2 Å². The molecule has 1 aliphatic rings. The number of carbonyl (C=O) groups excluding carboxylic acids is 1. The van der Waals surface area contributed by atoms with Gasteiger partial charge in [-0.05, 0) is 44.5 Å². The van der Waals surface area contributed by atoms with E-state index in [4.69, 9.17) is 4.42 Å². The first-order valence-corrected chi connectivity index (χ1v) is 8.07. The van der Waals surface area contributed by atoms with Gasteiger partial charge in [-0.25, -0.2) is 0 Å². The van der Waals surface area contributed by atoms with Gasteiger partial charge in [0.15, 0.2) is 0 Å². The monoisotopic (exact) mass is 294 g/mol. The molecule has 0 bridgehead atoms. The normalized spacial score (nSPS) is 20.6. The van der Waals surface area contributed by atoms with Crippen LogP contribution >= 0.6 is 11.8 Å². The van der Waals surface area contributed by atoms with E-state index in [0.29, 0.717) is 5.76 Å². The molecule has 0 aliphatic carbocycles. The zero-order valence-corrected chi connectivity index (χ0v) is 12.9. The van der Waals surface area contributed by atoms with Gasteiger partial charge in [-0.15, -0.1) is 0 Å². The molecule has 0 spiro atoms. The average Bonchev–Trinajstić information content (AvgIpc) is 2.82. The van der Waals surface area contributed by atoms with E-state index in [2.05, 4.69) is 19.0 Å². The summed E-state index contributed by atoms with van der Waals surface area (Å²) in [6.45, 7) is 1.75. The Morgan fingerprint density at radius 2 is 2.45 bits per heavy atom. The smallest absolute Gasteiger partial charge is 0.247 e. The third-order valence-electron chi connectivity index (χ3n) is 3.23. The van der Waals surface area contributed by atoms with Crippen molar-refractivity contribution in [2.75, 3.05) is 38.7 Å². The topological polar surface area (TPSA) is 36.7 Å². The molecule has 2 rings (SSSR count). The quantitative estimate of drug-likeness (QED) is 0.798. The number of amides is 1. The summed E-state index contributed by atoms with van der Waals surface area (Å²) in [5.41, 5.74) is 0. The first-order chi connectivity index (χ1) is 9.66. The third-order valence-corrected chi connectivity index (χ3v) is 4.43. The molecule has 0 saturated carbocycles. The van der Waals surface area contributed by atoms with Crippen molar-refractivity contribution in [2.45, 2.75) is 12.5 Å². The van der Waals surface area contributed by atoms with Crippen molar-refractivity contribution in [3.05, 3.63) is 30.2 Å². The lowest BCUT2D eigenvalue weighted by Crippen LogP contribution is -2.46. The highest BCUT2D eigenvalue weighted by molar-refractivity contribution is 7.99.